The molecule has 0 aliphatic rings. The molecule has 3 rings (SSSR count). The maximum absolute atomic E-state index is 11.3. The van der Waals surface area contributed by atoms with E-state index in [2.05, 4.69) is 5.32 Å². The first kappa shape index (κ1) is 12.7. The fraction of sp³-hybridized carbons (Fsp3) is 0.0667. The number of nitrogen functional groups attached to an aromatic ring is 1. The minimum Gasteiger partial charge on any atom is -0.394 e. The first-order valence-electron chi connectivity index (χ1n) is 6.08. The maximum atomic E-state index is 11.3. The highest BCUT2D eigenvalue weighted by atomic mass is 35.5. The Hall–Kier alpha value is -2.33. The zero-order chi connectivity index (χ0) is 14.3. The normalized spacial score (nSPS) is 11.1. The number of nitrogens with two attached hydrogens (primary N) is 1. The van der Waals surface area contributed by atoms with Crippen molar-refractivity contribution in [1.82, 2.24) is 0 Å². The van der Waals surface area contributed by atoms with Gasteiger partial charge in [-0.15, -0.1) is 0 Å². The van der Waals surface area contributed by atoms with Gasteiger partial charge in [-0.25, -0.2) is 0 Å². The van der Waals surface area contributed by atoms with E-state index in [1.165, 1.54) is 0 Å². The quantitative estimate of drug-likeness (QED) is 0.725. The van der Waals surface area contributed by atoms with Crippen molar-refractivity contribution in [3.05, 3.63) is 67.4 Å². The third kappa shape index (κ3) is 1.94. The van der Waals surface area contributed by atoms with Crippen LogP contribution in [0.3, 0.4) is 0 Å². The molecular weight excluding hydrogens is 276 g/mol. The summed E-state index contributed by atoms with van der Waals surface area (Å²) in [6, 6.07) is 11.5. The van der Waals surface area contributed by atoms with Gasteiger partial charge in [-0.2, -0.15) is 0 Å². The van der Waals surface area contributed by atoms with Gasteiger partial charge in [0.15, 0.2) is 0 Å². The largest absolute Gasteiger partial charge is 0.394 e. The first-order chi connectivity index (χ1) is 9.58. The predicted molar refractivity (Wildman–Crippen MR) is 82.1 cm³/mol. The van der Waals surface area contributed by atoms with Gasteiger partial charge < -0.3 is 11.1 Å². The Balaban J connectivity index is 1.94. The molecule has 0 aromatic heterocycles. The molecule has 4 nitrogen and oxygen atoms in total. The second-order valence-corrected chi connectivity index (χ2v) is 5.02. The van der Waals surface area contributed by atoms with E-state index in [0.717, 1.165) is 16.3 Å². The lowest BCUT2D eigenvalue weighted by Gasteiger charge is -2.12. The van der Waals surface area contributed by atoms with E-state index >= 15 is 0 Å². The van der Waals surface area contributed by atoms with Gasteiger partial charge in [-0.05, 0) is 28.5 Å². The van der Waals surface area contributed by atoms with Crippen LogP contribution in [-0.4, -0.2) is 0 Å². The first-order valence-corrected chi connectivity index (χ1v) is 6.45. The van der Waals surface area contributed by atoms with Crippen LogP contribution in [0, 0.1) is 0 Å². The van der Waals surface area contributed by atoms with Crippen molar-refractivity contribution in [2.45, 2.75) is 6.54 Å². The molecule has 100 valence electrons. The van der Waals surface area contributed by atoms with Crippen LogP contribution in [0.1, 0.15) is 5.56 Å². The molecule has 3 N–H and O–H groups in total. The van der Waals surface area contributed by atoms with E-state index in [1.807, 2.05) is 36.4 Å². The number of hydrogen-bond donors (Lipinski definition) is 2. The molecule has 0 aliphatic carbocycles. The zero-order valence-corrected chi connectivity index (χ0v) is 11.2. The monoisotopic (exact) mass is 286 g/mol. The minimum absolute atomic E-state index is 0.00766. The summed E-state index contributed by atoms with van der Waals surface area (Å²) in [6.07, 6.45) is 0. The molecule has 0 heterocycles. The number of fused-ring (bicyclic) bond motifs is 1. The highest BCUT2D eigenvalue weighted by Gasteiger charge is 2.17. The molecule has 0 amide bonds. The molecule has 20 heavy (non-hydrogen) atoms. The molecule has 0 saturated heterocycles. The van der Waals surface area contributed by atoms with Gasteiger partial charge in [0.2, 0.25) is 0 Å². The number of benzene rings is 2. The van der Waals surface area contributed by atoms with E-state index in [0.29, 0.717) is 11.6 Å². The summed E-state index contributed by atoms with van der Waals surface area (Å²) < 4.78 is 0. The smallest absolute Gasteiger partial charge is 0.253 e. The van der Waals surface area contributed by atoms with E-state index in [4.69, 9.17) is 17.3 Å². The van der Waals surface area contributed by atoms with Gasteiger partial charge in [0.05, 0.1) is 0 Å². The summed E-state index contributed by atoms with van der Waals surface area (Å²) in [5.41, 5.74) is 5.51. The van der Waals surface area contributed by atoms with Crippen LogP contribution in [0.5, 0.6) is 0 Å². The van der Waals surface area contributed by atoms with E-state index < -0.39 is 10.9 Å². The average molecular weight is 287 g/mol. The lowest BCUT2D eigenvalue weighted by Crippen LogP contribution is -2.36. The van der Waals surface area contributed by atoms with E-state index in [9.17, 15) is 9.59 Å². The molecule has 0 aliphatic heterocycles. The number of rotatable bonds is 3. The molecule has 0 atom stereocenters. The highest BCUT2D eigenvalue weighted by Crippen LogP contribution is 2.23. The standard InChI is InChI=1S/C15H11ClN2O2/c16-10-5-4-8-2-1-3-9(11(8)6-10)7-18-13-12(17)14(19)15(13)20/h1-6,18H,7,17H2. The van der Waals surface area contributed by atoms with Crippen LogP contribution >= 0.6 is 11.6 Å². The fourth-order valence-electron chi connectivity index (χ4n) is 2.23. The Kier molecular flexibility index (Phi) is 2.95. The Bertz CT molecular complexity index is 879. The average Bonchev–Trinajstić information content (AvgIpc) is 2.47. The highest BCUT2D eigenvalue weighted by molar-refractivity contribution is 6.31. The van der Waals surface area contributed by atoms with Gasteiger partial charge in [0.25, 0.3) is 10.9 Å². The van der Waals surface area contributed by atoms with Crippen molar-refractivity contribution < 1.29 is 0 Å². The molecule has 0 spiro atoms. The summed E-state index contributed by atoms with van der Waals surface area (Å²) in [5, 5.41) is 5.64. The second-order valence-electron chi connectivity index (χ2n) is 4.58. The summed E-state index contributed by atoms with van der Waals surface area (Å²) in [5.74, 6) is 0. The van der Waals surface area contributed by atoms with Crippen molar-refractivity contribution in [2.24, 2.45) is 0 Å². The van der Waals surface area contributed by atoms with Crippen LogP contribution in [0.2, 0.25) is 5.02 Å². The van der Waals surface area contributed by atoms with Crippen LogP contribution < -0.4 is 21.9 Å². The third-order valence-corrected chi connectivity index (χ3v) is 3.57. The van der Waals surface area contributed by atoms with E-state index in [1.54, 1.807) is 0 Å². The van der Waals surface area contributed by atoms with E-state index in [-0.39, 0.29) is 11.4 Å². The van der Waals surface area contributed by atoms with Gasteiger partial charge >= 0.3 is 0 Å². The Morgan fingerprint density at radius 3 is 2.65 bits per heavy atom. The molecule has 0 saturated carbocycles. The number of nitrogens with one attached hydrogen (secondary N) is 1. The third-order valence-electron chi connectivity index (χ3n) is 3.34. The SMILES string of the molecule is Nc1c(NCc2cccc3ccc(Cl)cc23)c(=O)c1=O. The maximum Gasteiger partial charge on any atom is 0.253 e. The van der Waals surface area contributed by atoms with Crippen LogP contribution in [0.4, 0.5) is 11.4 Å². The molecule has 0 unspecified atom stereocenters. The van der Waals surface area contributed by atoms with Gasteiger partial charge in [0.1, 0.15) is 11.4 Å². The number of hydrogen-bond acceptors (Lipinski definition) is 4. The summed E-state index contributed by atoms with van der Waals surface area (Å²) in [4.78, 5) is 22.4. The lowest BCUT2D eigenvalue weighted by molar-refractivity contribution is 1.15. The molecule has 0 bridgehead atoms. The molecule has 3 aromatic carbocycles. The minimum atomic E-state index is -0.617. The molecule has 0 radical (unpaired) electrons. The molecule has 0 fully saturated rings. The predicted octanol–water partition coefficient (Wildman–Crippen LogP) is 2.28. The number of halogens is 1. The van der Waals surface area contributed by atoms with Gasteiger partial charge in [0, 0.05) is 11.6 Å². The summed E-state index contributed by atoms with van der Waals surface area (Å²) in [7, 11) is 0. The summed E-state index contributed by atoms with van der Waals surface area (Å²) >= 11 is 6.01. The summed E-state index contributed by atoms with van der Waals surface area (Å²) in [6.45, 7) is 0.409. The van der Waals surface area contributed by atoms with Crippen LogP contribution in [-0.2, 0) is 6.54 Å². The van der Waals surface area contributed by atoms with Gasteiger partial charge in [-0.3, -0.25) is 9.59 Å². The van der Waals surface area contributed by atoms with Crippen molar-refractivity contribution in [3.63, 3.8) is 0 Å². The topological polar surface area (TPSA) is 72.2 Å². The van der Waals surface area contributed by atoms with Crippen molar-refractivity contribution >= 4 is 33.7 Å². The van der Waals surface area contributed by atoms with Crippen molar-refractivity contribution in [2.75, 3.05) is 11.1 Å². The number of anilines is 2. The molecular formula is C15H11ClN2O2. The molecule has 5 heteroatoms. The Morgan fingerprint density at radius 1 is 1.10 bits per heavy atom. The lowest BCUT2D eigenvalue weighted by atomic mass is 10.0. The van der Waals surface area contributed by atoms with Crippen LogP contribution in [0.15, 0.2) is 46.0 Å². The van der Waals surface area contributed by atoms with Crippen molar-refractivity contribution in [3.8, 4) is 0 Å². The molecule has 3 aromatic rings. The van der Waals surface area contributed by atoms with Crippen molar-refractivity contribution in [1.29, 1.82) is 0 Å². The Morgan fingerprint density at radius 2 is 1.90 bits per heavy atom. The Labute approximate surface area is 119 Å². The second kappa shape index (κ2) is 4.65. The fourth-order valence-corrected chi connectivity index (χ4v) is 2.40. The van der Waals surface area contributed by atoms with Crippen LogP contribution in [0.25, 0.3) is 10.8 Å². The zero-order valence-electron chi connectivity index (χ0n) is 10.4. The van der Waals surface area contributed by atoms with Gasteiger partial charge in [-0.1, -0.05) is 35.9 Å².